The molecule has 104 valence electrons. The van der Waals surface area contributed by atoms with Crippen LogP contribution in [0.1, 0.15) is 18.1 Å². The first-order valence-corrected chi connectivity index (χ1v) is 6.97. The van der Waals surface area contributed by atoms with Crippen LogP contribution in [0.3, 0.4) is 0 Å². The predicted molar refractivity (Wildman–Crippen MR) is 84.5 cm³/mol. The summed E-state index contributed by atoms with van der Waals surface area (Å²) in [6, 6.07) is 22.2. The van der Waals surface area contributed by atoms with E-state index in [0.29, 0.717) is 5.75 Å². The molecule has 3 aromatic rings. The maximum absolute atomic E-state index is 11.4. The Hall–Kier alpha value is -2.61. The van der Waals surface area contributed by atoms with E-state index in [1.54, 1.807) is 0 Å². The molecular weight excluding hydrogens is 260 g/mol. The van der Waals surface area contributed by atoms with Gasteiger partial charge in [-0.05, 0) is 16.5 Å². The van der Waals surface area contributed by atoms with Gasteiger partial charge in [0.05, 0.1) is 0 Å². The third kappa shape index (κ3) is 2.95. The topological polar surface area (TPSA) is 26.3 Å². The number of fused-ring (bicyclic) bond motifs is 1. The summed E-state index contributed by atoms with van der Waals surface area (Å²) >= 11 is 0. The SMILES string of the molecule is CC(=O)Oc1c(Cc2ccccc2)ccc2ccccc12. The Kier molecular flexibility index (Phi) is 3.69. The number of carbonyl (C=O) groups excluding carboxylic acids is 1. The van der Waals surface area contributed by atoms with Crippen LogP contribution >= 0.6 is 0 Å². The third-order valence-electron chi connectivity index (χ3n) is 3.44. The fourth-order valence-electron chi connectivity index (χ4n) is 2.51. The average molecular weight is 276 g/mol. The lowest BCUT2D eigenvalue weighted by Crippen LogP contribution is -2.05. The first-order chi connectivity index (χ1) is 10.2. The zero-order valence-corrected chi connectivity index (χ0v) is 11.9. The third-order valence-corrected chi connectivity index (χ3v) is 3.44. The summed E-state index contributed by atoms with van der Waals surface area (Å²) in [6.45, 7) is 1.44. The lowest BCUT2D eigenvalue weighted by Gasteiger charge is -2.12. The molecule has 3 rings (SSSR count). The van der Waals surface area contributed by atoms with Crippen molar-refractivity contribution in [3.63, 3.8) is 0 Å². The van der Waals surface area contributed by atoms with Crippen LogP contribution in [0.5, 0.6) is 5.75 Å². The molecule has 0 aliphatic carbocycles. The molecule has 3 aromatic carbocycles. The van der Waals surface area contributed by atoms with Crippen LogP contribution in [-0.2, 0) is 11.2 Å². The summed E-state index contributed by atoms with van der Waals surface area (Å²) in [6.07, 6.45) is 0.744. The van der Waals surface area contributed by atoms with E-state index < -0.39 is 0 Å². The Bertz CT molecular complexity index is 776. The summed E-state index contributed by atoms with van der Waals surface area (Å²) in [5.74, 6) is 0.380. The quantitative estimate of drug-likeness (QED) is 0.525. The number of rotatable bonds is 3. The Balaban J connectivity index is 2.10. The molecule has 0 aliphatic rings. The molecule has 0 spiro atoms. The van der Waals surface area contributed by atoms with E-state index in [4.69, 9.17) is 4.74 Å². The maximum Gasteiger partial charge on any atom is 0.308 e. The van der Waals surface area contributed by atoms with E-state index in [1.807, 2.05) is 48.5 Å². The predicted octanol–water partition coefficient (Wildman–Crippen LogP) is 4.36. The highest BCUT2D eigenvalue weighted by Gasteiger charge is 2.11. The van der Waals surface area contributed by atoms with E-state index in [1.165, 1.54) is 12.5 Å². The highest BCUT2D eigenvalue weighted by atomic mass is 16.5. The Morgan fingerprint density at radius 1 is 0.905 bits per heavy atom. The molecule has 0 aliphatic heterocycles. The lowest BCUT2D eigenvalue weighted by molar-refractivity contribution is -0.131. The molecule has 0 saturated carbocycles. The lowest BCUT2D eigenvalue weighted by atomic mass is 9.99. The zero-order valence-electron chi connectivity index (χ0n) is 11.9. The molecule has 0 fully saturated rings. The summed E-state index contributed by atoms with van der Waals surface area (Å²) < 4.78 is 5.49. The van der Waals surface area contributed by atoms with Gasteiger partial charge in [-0.15, -0.1) is 0 Å². The summed E-state index contributed by atoms with van der Waals surface area (Å²) in [5, 5.41) is 2.05. The van der Waals surface area contributed by atoms with Gasteiger partial charge in [0.15, 0.2) is 0 Å². The molecule has 0 N–H and O–H groups in total. The summed E-state index contributed by atoms with van der Waals surface area (Å²) in [4.78, 5) is 11.4. The minimum Gasteiger partial charge on any atom is -0.426 e. The van der Waals surface area contributed by atoms with Gasteiger partial charge in [-0.2, -0.15) is 0 Å². The van der Waals surface area contributed by atoms with Gasteiger partial charge in [0.2, 0.25) is 0 Å². The average Bonchev–Trinajstić information content (AvgIpc) is 2.50. The van der Waals surface area contributed by atoms with Gasteiger partial charge in [0.25, 0.3) is 0 Å². The molecule has 0 radical (unpaired) electrons. The van der Waals surface area contributed by atoms with Crippen LogP contribution in [0, 0.1) is 0 Å². The standard InChI is InChI=1S/C19H16O2/c1-14(20)21-19-17(13-15-7-3-2-4-8-15)12-11-16-9-5-6-10-18(16)19/h2-12H,13H2,1H3. The van der Waals surface area contributed by atoms with Gasteiger partial charge in [-0.3, -0.25) is 4.79 Å². The van der Waals surface area contributed by atoms with Crippen LogP contribution in [0.25, 0.3) is 10.8 Å². The first-order valence-electron chi connectivity index (χ1n) is 6.97. The molecule has 21 heavy (non-hydrogen) atoms. The molecule has 0 heterocycles. The zero-order chi connectivity index (χ0) is 14.7. The second-order valence-electron chi connectivity index (χ2n) is 5.03. The number of carbonyl (C=O) groups is 1. The molecule has 0 saturated heterocycles. The first kappa shape index (κ1) is 13.4. The second kappa shape index (κ2) is 5.80. The van der Waals surface area contributed by atoms with Crippen molar-refractivity contribution in [1.29, 1.82) is 0 Å². The van der Waals surface area contributed by atoms with Crippen LogP contribution in [0.4, 0.5) is 0 Å². The fraction of sp³-hybridized carbons (Fsp3) is 0.105. The normalized spacial score (nSPS) is 10.5. The Labute approximate surface area is 124 Å². The number of esters is 1. The molecule has 0 aromatic heterocycles. The van der Waals surface area contributed by atoms with E-state index >= 15 is 0 Å². The smallest absolute Gasteiger partial charge is 0.308 e. The second-order valence-corrected chi connectivity index (χ2v) is 5.03. The van der Waals surface area contributed by atoms with Crippen molar-refractivity contribution in [2.45, 2.75) is 13.3 Å². The van der Waals surface area contributed by atoms with Gasteiger partial charge in [-0.25, -0.2) is 0 Å². The van der Waals surface area contributed by atoms with Crippen LogP contribution in [0.15, 0.2) is 66.7 Å². The Morgan fingerprint density at radius 2 is 1.62 bits per heavy atom. The van der Waals surface area contributed by atoms with Crippen LogP contribution in [-0.4, -0.2) is 5.97 Å². The molecule has 0 amide bonds. The van der Waals surface area contributed by atoms with Crippen molar-refractivity contribution in [3.05, 3.63) is 77.9 Å². The van der Waals surface area contributed by atoms with Crippen molar-refractivity contribution in [2.75, 3.05) is 0 Å². The van der Waals surface area contributed by atoms with Crippen molar-refractivity contribution < 1.29 is 9.53 Å². The van der Waals surface area contributed by atoms with Crippen LogP contribution < -0.4 is 4.74 Å². The molecule has 0 unspecified atom stereocenters. The highest BCUT2D eigenvalue weighted by molar-refractivity contribution is 5.91. The summed E-state index contributed by atoms with van der Waals surface area (Å²) in [5.41, 5.74) is 2.22. The molecule has 0 bridgehead atoms. The van der Waals surface area contributed by atoms with E-state index in [0.717, 1.165) is 22.8 Å². The highest BCUT2D eigenvalue weighted by Crippen LogP contribution is 2.31. The van der Waals surface area contributed by atoms with E-state index in [-0.39, 0.29) is 5.97 Å². The van der Waals surface area contributed by atoms with E-state index in [2.05, 4.69) is 18.2 Å². The van der Waals surface area contributed by atoms with Gasteiger partial charge < -0.3 is 4.74 Å². The molecular formula is C19H16O2. The maximum atomic E-state index is 11.4. The number of hydrogen-bond donors (Lipinski definition) is 0. The largest absolute Gasteiger partial charge is 0.426 e. The molecule has 2 nitrogen and oxygen atoms in total. The van der Waals surface area contributed by atoms with Gasteiger partial charge in [0, 0.05) is 18.7 Å². The minimum atomic E-state index is -0.291. The molecule has 2 heteroatoms. The van der Waals surface area contributed by atoms with Crippen molar-refractivity contribution in [1.82, 2.24) is 0 Å². The number of ether oxygens (including phenoxy) is 1. The Morgan fingerprint density at radius 3 is 2.38 bits per heavy atom. The van der Waals surface area contributed by atoms with Gasteiger partial charge in [0.1, 0.15) is 5.75 Å². The van der Waals surface area contributed by atoms with E-state index in [9.17, 15) is 4.79 Å². The van der Waals surface area contributed by atoms with Gasteiger partial charge >= 0.3 is 5.97 Å². The fourth-order valence-corrected chi connectivity index (χ4v) is 2.51. The summed E-state index contributed by atoms with van der Waals surface area (Å²) in [7, 11) is 0. The van der Waals surface area contributed by atoms with Crippen molar-refractivity contribution >= 4 is 16.7 Å². The van der Waals surface area contributed by atoms with Crippen molar-refractivity contribution in [2.24, 2.45) is 0 Å². The van der Waals surface area contributed by atoms with Crippen LogP contribution in [0.2, 0.25) is 0 Å². The van der Waals surface area contributed by atoms with Gasteiger partial charge in [-0.1, -0.05) is 66.7 Å². The number of hydrogen-bond acceptors (Lipinski definition) is 2. The van der Waals surface area contributed by atoms with Crippen molar-refractivity contribution in [3.8, 4) is 5.75 Å². The number of benzene rings is 3. The molecule has 0 atom stereocenters. The minimum absolute atomic E-state index is 0.291. The monoisotopic (exact) mass is 276 g/mol.